The first-order valence-electron chi connectivity index (χ1n) is 8.26. The summed E-state index contributed by atoms with van der Waals surface area (Å²) in [5.41, 5.74) is 3.54. The minimum Gasteiger partial charge on any atom is -0.497 e. The van der Waals surface area contributed by atoms with Gasteiger partial charge in [0.2, 0.25) is 0 Å². The zero-order chi connectivity index (χ0) is 17.3. The number of nitrogens with one attached hydrogen (secondary N) is 1. The number of ether oxygens (including phenoxy) is 1. The Morgan fingerprint density at radius 1 is 1.29 bits per heavy atom. The third-order valence-electron chi connectivity index (χ3n) is 4.83. The molecular weight excluding hydrogens is 316 g/mol. The number of thiophene rings is 1. The second kappa shape index (κ2) is 6.44. The summed E-state index contributed by atoms with van der Waals surface area (Å²) in [5.74, 6) is 0.884. The molecule has 0 radical (unpaired) electrons. The van der Waals surface area contributed by atoms with Crippen LogP contribution in [-0.4, -0.2) is 19.9 Å². The molecule has 0 saturated heterocycles. The first-order valence-corrected chi connectivity index (χ1v) is 9.07. The van der Waals surface area contributed by atoms with Gasteiger partial charge in [-0.15, -0.1) is 11.3 Å². The molecular formula is C20H24N2OS. The van der Waals surface area contributed by atoms with Gasteiger partial charge in [-0.3, -0.25) is 0 Å². The molecule has 1 unspecified atom stereocenters. The Balaban J connectivity index is 2.17. The molecule has 1 N–H and O–H groups in total. The van der Waals surface area contributed by atoms with Gasteiger partial charge in [-0.05, 0) is 69.2 Å². The number of hydrogen-bond donors (Lipinski definition) is 1. The van der Waals surface area contributed by atoms with Crippen LogP contribution in [-0.2, 0) is 11.8 Å². The van der Waals surface area contributed by atoms with E-state index in [0.29, 0.717) is 0 Å². The molecule has 1 aromatic heterocycles. The summed E-state index contributed by atoms with van der Waals surface area (Å²) in [6, 6.07) is 10.7. The second-order valence-corrected chi connectivity index (χ2v) is 7.74. The quantitative estimate of drug-likeness (QED) is 0.783. The molecule has 1 aliphatic rings. The molecule has 0 aliphatic carbocycles. The molecule has 24 heavy (non-hydrogen) atoms. The summed E-state index contributed by atoms with van der Waals surface area (Å²) in [6.45, 7) is 7.48. The monoisotopic (exact) mass is 340 g/mol. The average Bonchev–Trinajstić information content (AvgIpc) is 3.08. The first-order chi connectivity index (χ1) is 11.5. The molecule has 0 saturated carbocycles. The van der Waals surface area contributed by atoms with Crippen molar-refractivity contribution in [1.82, 2.24) is 0 Å². The van der Waals surface area contributed by atoms with Crippen molar-refractivity contribution < 1.29 is 4.74 Å². The molecule has 2 heterocycles. The van der Waals surface area contributed by atoms with Crippen molar-refractivity contribution in [2.45, 2.75) is 32.6 Å². The predicted octanol–water partition coefficient (Wildman–Crippen LogP) is 4.94. The molecule has 1 atom stereocenters. The molecule has 0 amide bonds. The lowest BCUT2D eigenvalue weighted by atomic mass is 9.78. The Morgan fingerprint density at radius 2 is 2.08 bits per heavy atom. The van der Waals surface area contributed by atoms with Crippen LogP contribution in [0.2, 0.25) is 0 Å². The van der Waals surface area contributed by atoms with E-state index < -0.39 is 0 Å². The molecule has 0 fully saturated rings. The lowest BCUT2D eigenvalue weighted by Gasteiger charge is -2.29. The summed E-state index contributed by atoms with van der Waals surface area (Å²) in [6.07, 6.45) is 4.28. The van der Waals surface area contributed by atoms with Gasteiger partial charge in [-0.2, -0.15) is 0 Å². The number of methoxy groups -OCH3 is 1. The largest absolute Gasteiger partial charge is 0.497 e. The average molecular weight is 340 g/mol. The Labute approximate surface area is 148 Å². The molecule has 0 spiro atoms. The Morgan fingerprint density at radius 3 is 2.67 bits per heavy atom. The Hall–Kier alpha value is -2.07. The molecule has 126 valence electrons. The maximum absolute atomic E-state index is 7.63. The SMILES string of the molecule is CCN1/C(=C\C=N)C(C)(Cc2ccc(C)s2)c2cc(OC)ccc21. The number of rotatable bonds is 5. The molecule has 2 aromatic rings. The molecule has 3 rings (SSSR count). The van der Waals surface area contributed by atoms with Gasteiger partial charge in [0.1, 0.15) is 5.75 Å². The van der Waals surface area contributed by atoms with E-state index in [-0.39, 0.29) is 5.41 Å². The number of hydrogen-bond acceptors (Lipinski definition) is 4. The van der Waals surface area contributed by atoms with Gasteiger partial charge in [-0.25, -0.2) is 0 Å². The van der Waals surface area contributed by atoms with Crippen LogP contribution in [0.25, 0.3) is 0 Å². The molecule has 4 heteroatoms. The fourth-order valence-corrected chi connectivity index (χ4v) is 4.74. The van der Waals surface area contributed by atoms with Crippen molar-refractivity contribution in [3.8, 4) is 5.75 Å². The summed E-state index contributed by atoms with van der Waals surface area (Å²) in [7, 11) is 1.71. The number of allylic oxidation sites excluding steroid dienone is 2. The van der Waals surface area contributed by atoms with Crippen molar-refractivity contribution in [2.24, 2.45) is 0 Å². The van der Waals surface area contributed by atoms with E-state index in [0.717, 1.165) is 18.7 Å². The van der Waals surface area contributed by atoms with Gasteiger partial charge in [-0.1, -0.05) is 0 Å². The van der Waals surface area contributed by atoms with Gasteiger partial charge >= 0.3 is 0 Å². The maximum Gasteiger partial charge on any atom is 0.119 e. The number of nitrogens with zero attached hydrogens (tertiary/aromatic N) is 1. The van der Waals surface area contributed by atoms with E-state index in [2.05, 4.69) is 49.9 Å². The molecule has 1 aliphatic heterocycles. The maximum atomic E-state index is 7.63. The highest BCUT2D eigenvalue weighted by Crippen LogP contribution is 2.50. The smallest absolute Gasteiger partial charge is 0.119 e. The van der Waals surface area contributed by atoms with Gasteiger partial charge in [0.15, 0.2) is 0 Å². The van der Waals surface area contributed by atoms with E-state index >= 15 is 0 Å². The second-order valence-electron chi connectivity index (χ2n) is 6.37. The van der Waals surface area contributed by atoms with Crippen molar-refractivity contribution in [1.29, 1.82) is 5.41 Å². The first kappa shape index (κ1) is 16.8. The summed E-state index contributed by atoms with van der Waals surface area (Å²) in [5, 5.41) is 7.63. The van der Waals surface area contributed by atoms with Crippen LogP contribution in [0.15, 0.2) is 42.1 Å². The van der Waals surface area contributed by atoms with Crippen LogP contribution >= 0.6 is 11.3 Å². The standard InChI is InChI=1S/C20H24N2OS/c1-5-22-18-9-7-15(23-4)12-17(18)20(3,19(22)10-11-21)13-16-8-6-14(2)24-16/h6-12,21H,5,13H2,1-4H3/b19-10-,21-11?. The fraction of sp³-hybridized carbons (Fsp3) is 0.350. The van der Waals surface area contributed by atoms with Gasteiger partial charge < -0.3 is 15.0 Å². The number of fused-ring (bicyclic) bond motifs is 1. The Bertz CT molecular complexity index is 793. The fourth-order valence-electron chi connectivity index (χ4n) is 3.69. The molecule has 1 aromatic carbocycles. The zero-order valence-corrected chi connectivity index (χ0v) is 15.5. The third-order valence-corrected chi connectivity index (χ3v) is 5.83. The van der Waals surface area contributed by atoms with Crippen molar-refractivity contribution in [3.05, 3.63) is 57.4 Å². The van der Waals surface area contributed by atoms with Crippen molar-refractivity contribution >= 4 is 23.2 Å². The summed E-state index contributed by atoms with van der Waals surface area (Å²) < 4.78 is 5.47. The normalized spacial score (nSPS) is 21.2. The highest BCUT2D eigenvalue weighted by Gasteiger charge is 2.43. The van der Waals surface area contributed by atoms with E-state index in [9.17, 15) is 0 Å². The predicted molar refractivity (Wildman–Crippen MR) is 103 cm³/mol. The lowest BCUT2D eigenvalue weighted by molar-refractivity contribution is 0.413. The molecule has 0 bridgehead atoms. The number of likely N-dealkylation sites (N-methyl/N-ethyl adjacent to an activating group) is 1. The Kier molecular flexibility index (Phi) is 4.50. The van der Waals surface area contributed by atoms with Crippen LogP contribution < -0.4 is 9.64 Å². The van der Waals surface area contributed by atoms with Crippen LogP contribution in [0.1, 0.15) is 29.2 Å². The summed E-state index contributed by atoms with van der Waals surface area (Å²) in [4.78, 5) is 5.03. The van der Waals surface area contributed by atoms with Crippen LogP contribution in [0.5, 0.6) is 5.75 Å². The molecule has 3 nitrogen and oxygen atoms in total. The van der Waals surface area contributed by atoms with Crippen molar-refractivity contribution in [3.63, 3.8) is 0 Å². The number of benzene rings is 1. The van der Waals surface area contributed by atoms with Gasteiger partial charge in [0.25, 0.3) is 0 Å². The van der Waals surface area contributed by atoms with E-state index in [1.165, 1.54) is 32.9 Å². The minimum atomic E-state index is -0.158. The van der Waals surface area contributed by atoms with Crippen LogP contribution in [0, 0.1) is 12.3 Å². The van der Waals surface area contributed by atoms with Gasteiger partial charge in [0.05, 0.1) is 7.11 Å². The van der Waals surface area contributed by atoms with Crippen LogP contribution in [0.3, 0.4) is 0 Å². The highest BCUT2D eigenvalue weighted by molar-refractivity contribution is 7.11. The number of aryl methyl sites for hydroxylation is 1. The van der Waals surface area contributed by atoms with E-state index in [1.807, 2.05) is 23.5 Å². The summed E-state index contributed by atoms with van der Waals surface area (Å²) >= 11 is 1.85. The third kappa shape index (κ3) is 2.65. The van der Waals surface area contributed by atoms with E-state index in [4.69, 9.17) is 10.1 Å². The number of anilines is 1. The lowest BCUT2D eigenvalue weighted by Crippen LogP contribution is -2.30. The van der Waals surface area contributed by atoms with Gasteiger partial charge in [0, 0.05) is 39.3 Å². The highest BCUT2D eigenvalue weighted by atomic mass is 32.1. The topological polar surface area (TPSA) is 36.3 Å². The van der Waals surface area contributed by atoms with Crippen molar-refractivity contribution in [2.75, 3.05) is 18.6 Å². The van der Waals surface area contributed by atoms with Crippen LogP contribution in [0.4, 0.5) is 5.69 Å². The van der Waals surface area contributed by atoms with E-state index in [1.54, 1.807) is 7.11 Å². The zero-order valence-electron chi connectivity index (χ0n) is 14.7. The minimum absolute atomic E-state index is 0.158.